The Hall–Kier alpha value is -4.21. The van der Waals surface area contributed by atoms with Crippen molar-refractivity contribution in [3.8, 4) is 11.5 Å². The minimum Gasteiger partial charge on any atom is -0.507 e. The van der Waals surface area contributed by atoms with Gasteiger partial charge < -0.3 is 25.2 Å². The normalized spacial score (nSPS) is 20.5. The maximum Gasteiger partial charge on any atom is 0.411 e. The second-order valence-electron chi connectivity index (χ2n) is 8.73. The highest BCUT2D eigenvalue weighted by atomic mass is 16.6. The van der Waals surface area contributed by atoms with E-state index in [9.17, 15) is 34.8 Å². The number of anilines is 1. The van der Waals surface area contributed by atoms with Crippen LogP contribution in [0, 0.1) is 0 Å². The maximum atomic E-state index is 13.1. The van der Waals surface area contributed by atoms with Crippen molar-refractivity contribution in [2.45, 2.75) is 24.5 Å². The summed E-state index contributed by atoms with van der Waals surface area (Å²) >= 11 is 0. The first-order valence-electron chi connectivity index (χ1n) is 10.9. The molecule has 0 aromatic heterocycles. The van der Waals surface area contributed by atoms with Crippen LogP contribution in [0.5, 0.6) is 11.5 Å². The van der Waals surface area contributed by atoms with Crippen molar-refractivity contribution in [2.24, 2.45) is 0 Å². The van der Waals surface area contributed by atoms with E-state index in [-0.39, 0.29) is 46.2 Å². The van der Waals surface area contributed by atoms with Crippen LogP contribution in [0.2, 0.25) is 0 Å². The van der Waals surface area contributed by atoms with Gasteiger partial charge in [-0.25, -0.2) is 4.79 Å². The minimum absolute atomic E-state index is 0.0761. The number of hydrogen-bond acceptors (Lipinski definition) is 8. The van der Waals surface area contributed by atoms with Crippen molar-refractivity contribution in [1.82, 2.24) is 0 Å². The minimum atomic E-state index is -1.81. The topological polar surface area (TPSA) is 153 Å². The molecule has 0 saturated heterocycles. The first kappa shape index (κ1) is 22.6. The van der Waals surface area contributed by atoms with Crippen LogP contribution in [0.3, 0.4) is 0 Å². The molecule has 0 bridgehead atoms. The molecule has 178 valence electrons. The Morgan fingerprint density at radius 1 is 0.943 bits per heavy atom. The summed E-state index contributed by atoms with van der Waals surface area (Å²) < 4.78 is 5.14. The summed E-state index contributed by atoms with van der Waals surface area (Å²) in [5.41, 5.74) is -2.16. The van der Waals surface area contributed by atoms with Crippen molar-refractivity contribution in [2.75, 3.05) is 11.9 Å². The Bertz CT molecular complexity index is 1380. The molecule has 0 saturated carbocycles. The van der Waals surface area contributed by atoms with Crippen molar-refractivity contribution >= 4 is 23.3 Å². The molecule has 0 aliphatic heterocycles. The molecule has 3 aromatic carbocycles. The molecule has 3 aromatic rings. The fourth-order valence-corrected chi connectivity index (χ4v) is 4.77. The third-order valence-electron chi connectivity index (χ3n) is 6.36. The van der Waals surface area contributed by atoms with Crippen LogP contribution < -0.4 is 5.32 Å². The number of para-hydroxylation sites is 1. The highest BCUT2D eigenvalue weighted by Crippen LogP contribution is 2.50. The van der Waals surface area contributed by atoms with E-state index in [4.69, 9.17) is 4.74 Å². The van der Waals surface area contributed by atoms with Gasteiger partial charge in [0.05, 0.1) is 17.2 Å². The number of aliphatic hydroxyl groups excluding tert-OH is 1. The fraction of sp³-hybridized carbons (Fsp3) is 0.192. The van der Waals surface area contributed by atoms with Crippen LogP contribution in [0.4, 0.5) is 10.5 Å². The summed E-state index contributed by atoms with van der Waals surface area (Å²) in [6.07, 6.45) is -3.02. The number of carbonyl (C=O) groups is 3. The molecule has 1 amide bonds. The molecule has 0 radical (unpaired) electrons. The predicted octanol–water partition coefficient (Wildman–Crippen LogP) is 2.83. The molecule has 35 heavy (non-hydrogen) atoms. The molecule has 0 heterocycles. The number of fused-ring (bicyclic) bond motifs is 3. The smallest absolute Gasteiger partial charge is 0.411 e. The molecule has 0 spiro atoms. The summed E-state index contributed by atoms with van der Waals surface area (Å²) in [6.45, 7) is -0.533. The van der Waals surface area contributed by atoms with E-state index in [2.05, 4.69) is 5.32 Å². The van der Waals surface area contributed by atoms with Gasteiger partial charge in [-0.15, -0.1) is 0 Å². The summed E-state index contributed by atoms with van der Waals surface area (Å²) in [7, 11) is 0. The lowest BCUT2D eigenvalue weighted by molar-refractivity contribution is -0.0613. The van der Waals surface area contributed by atoms with E-state index in [0.29, 0.717) is 5.69 Å². The fourth-order valence-electron chi connectivity index (χ4n) is 4.77. The molecule has 9 nitrogen and oxygen atoms in total. The average molecular weight is 475 g/mol. The zero-order valence-corrected chi connectivity index (χ0v) is 18.3. The number of amides is 1. The molecular weight excluding hydrogens is 454 g/mol. The van der Waals surface area contributed by atoms with Crippen LogP contribution >= 0.6 is 0 Å². The maximum absolute atomic E-state index is 13.1. The average Bonchev–Trinajstić information content (AvgIpc) is 2.84. The molecule has 2 aliphatic carbocycles. The molecule has 1 unspecified atom stereocenters. The van der Waals surface area contributed by atoms with Crippen molar-refractivity contribution in [3.63, 3.8) is 0 Å². The largest absolute Gasteiger partial charge is 0.507 e. The quantitative estimate of drug-likeness (QED) is 0.284. The van der Waals surface area contributed by atoms with Gasteiger partial charge >= 0.3 is 6.09 Å². The summed E-state index contributed by atoms with van der Waals surface area (Å²) in [4.78, 5) is 38.3. The molecular formula is C26H21NO8. The van der Waals surface area contributed by atoms with Gasteiger partial charge in [0.2, 0.25) is 0 Å². The number of ketones is 2. The second-order valence-corrected chi connectivity index (χ2v) is 8.73. The number of benzene rings is 3. The third kappa shape index (κ3) is 3.71. The Morgan fingerprint density at radius 3 is 2.14 bits per heavy atom. The monoisotopic (exact) mass is 475 g/mol. The first-order valence-corrected chi connectivity index (χ1v) is 10.9. The highest BCUT2D eigenvalue weighted by molar-refractivity contribution is 6.30. The van der Waals surface area contributed by atoms with Gasteiger partial charge in [-0.3, -0.25) is 14.9 Å². The number of carbonyl (C=O) groups excluding carboxylic acids is 3. The Balaban J connectivity index is 1.47. The third-order valence-corrected chi connectivity index (χ3v) is 6.36. The van der Waals surface area contributed by atoms with Gasteiger partial charge in [0, 0.05) is 40.8 Å². The van der Waals surface area contributed by atoms with Crippen LogP contribution in [0.15, 0.2) is 54.6 Å². The molecule has 2 atom stereocenters. The number of rotatable bonds is 3. The molecule has 9 heteroatoms. The van der Waals surface area contributed by atoms with Gasteiger partial charge in [-0.2, -0.15) is 0 Å². The molecule has 5 N–H and O–H groups in total. The van der Waals surface area contributed by atoms with E-state index < -0.39 is 47.5 Å². The van der Waals surface area contributed by atoms with Gasteiger partial charge in [-0.1, -0.05) is 42.5 Å². The van der Waals surface area contributed by atoms with Crippen molar-refractivity contribution in [3.05, 3.63) is 88.0 Å². The van der Waals surface area contributed by atoms with Gasteiger partial charge in [0.1, 0.15) is 23.7 Å². The first-order chi connectivity index (χ1) is 16.7. The zero-order valence-electron chi connectivity index (χ0n) is 18.3. The number of ether oxygens (including phenoxy) is 1. The SMILES string of the molecule is O=C(Nc1ccccc1)OCC1(O)Cc2c(O)c3c(c(O)c2[C@@H](O)C1)C(=O)c1ccccc1C3=O. The summed E-state index contributed by atoms with van der Waals surface area (Å²) in [5, 5.41) is 46.3. The van der Waals surface area contributed by atoms with E-state index in [1.165, 1.54) is 12.1 Å². The number of aliphatic hydroxyl groups is 2. The van der Waals surface area contributed by atoms with Gasteiger partial charge in [0.15, 0.2) is 11.6 Å². The Kier molecular flexibility index (Phi) is 5.31. The number of phenolic OH excluding ortho intramolecular Hbond substituents is 2. The van der Waals surface area contributed by atoms with Crippen LogP contribution in [-0.2, 0) is 11.2 Å². The van der Waals surface area contributed by atoms with Crippen molar-refractivity contribution in [1.29, 1.82) is 0 Å². The van der Waals surface area contributed by atoms with Crippen molar-refractivity contribution < 1.29 is 39.5 Å². The van der Waals surface area contributed by atoms with E-state index >= 15 is 0 Å². The van der Waals surface area contributed by atoms with E-state index in [1.807, 2.05) is 0 Å². The zero-order chi connectivity index (χ0) is 24.9. The number of phenols is 2. The van der Waals surface area contributed by atoms with E-state index in [0.717, 1.165) is 0 Å². The Labute approximate surface area is 199 Å². The number of aromatic hydroxyl groups is 2. The Morgan fingerprint density at radius 2 is 1.51 bits per heavy atom. The second kappa shape index (κ2) is 8.23. The lowest BCUT2D eigenvalue weighted by atomic mass is 9.73. The lowest BCUT2D eigenvalue weighted by Crippen LogP contribution is -2.43. The van der Waals surface area contributed by atoms with Gasteiger partial charge in [-0.05, 0) is 12.1 Å². The standard InChI is InChI=1S/C26H21NO8/c28-17-11-26(34,12-35-25(33)27-13-6-2-1-3-7-13)10-16-18(17)24(32)20-19(23(16)31)21(29)14-8-4-5-9-15(14)22(20)30/h1-9,17,28,31-32,34H,10-12H2,(H,27,33)/t17-,26?/m0/s1. The van der Waals surface area contributed by atoms with Crippen LogP contribution in [-0.4, -0.2) is 50.3 Å². The predicted molar refractivity (Wildman–Crippen MR) is 123 cm³/mol. The molecule has 2 aliphatic rings. The number of nitrogens with one attached hydrogen (secondary N) is 1. The molecule has 0 fully saturated rings. The van der Waals surface area contributed by atoms with Gasteiger partial charge in [0.25, 0.3) is 0 Å². The molecule has 5 rings (SSSR count). The summed E-state index contributed by atoms with van der Waals surface area (Å²) in [6, 6.07) is 14.6. The summed E-state index contributed by atoms with van der Waals surface area (Å²) in [5.74, 6) is -2.53. The van der Waals surface area contributed by atoms with Crippen LogP contribution in [0.25, 0.3) is 0 Å². The van der Waals surface area contributed by atoms with E-state index in [1.54, 1.807) is 42.5 Å². The number of hydrogen-bond donors (Lipinski definition) is 5. The highest BCUT2D eigenvalue weighted by Gasteiger charge is 2.45. The van der Waals surface area contributed by atoms with Crippen LogP contribution in [0.1, 0.15) is 55.5 Å². The lowest BCUT2D eigenvalue weighted by Gasteiger charge is -2.37.